The van der Waals surface area contributed by atoms with Gasteiger partial charge in [-0.3, -0.25) is 0 Å². The van der Waals surface area contributed by atoms with Crippen LogP contribution in [0.5, 0.6) is 0 Å². The van der Waals surface area contributed by atoms with Crippen molar-refractivity contribution in [3.8, 4) is 0 Å². The van der Waals surface area contributed by atoms with Crippen LogP contribution in [-0.2, 0) is 23.1 Å². The van der Waals surface area contributed by atoms with Crippen LogP contribution in [0.3, 0.4) is 0 Å². The van der Waals surface area contributed by atoms with Crippen molar-refractivity contribution in [3.63, 3.8) is 0 Å². The molecule has 4 heteroatoms. The number of aromatic nitrogens is 2. The summed E-state index contributed by atoms with van der Waals surface area (Å²) in [7, 11) is 0. The number of nitrogens with zero attached hydrogens (tertiary/aromatic N) is 3. The molecule has 4 nitrogen and oxygen atoms in total. The van der Waals surface area contributed by atoms with E-state index >= 15 is 0 Å². The number of rotatable bonds is 2. The predicted molar refractivity (Wildman–Crippen MR) is 97.8 cm³/mol. The number of likely N-dealkylation sites (tertiary alicyclic amines) is 1. The first-order valence-corrected chi connectivity index (χ1v) is 9.79. The van der Waals surface area contributed by atoms with E-state index in [-0.39, 0.29) is 5.41 Å². The van der Waals surface area contributed by atoms with Gasteiger partial charge in [-0.15, -0.1) is 0 Å². The number of piperidine rings is 1. The highest BCUT2D eigenvalue weighted by atomic mass is 16.5. The molecule has 1 aromatic heterocycles. The van der Waals surface area contributed by atoms with Gasteiger partial charge < -0.3 is 14.2 Å². The average Bonchev–Trinajstić information content (AvgIpc) is 3.31. The summed E-state index contributed by atoms with van der Waals surface area (Å²) >= 11 is 0. The third kappa shape index (κ3) is 2.63. The summed E-state index contributed by atoms with van der Waals surface area (Å²) in [6.45, 7) is 5.38. The number of aryl methyl sites for hydroxylation is 2. The molecule has 0 N–H and O–H groups in total. The van der Waals surface area contributed by atoms with Crippen LogP contribution in [-0.4, -0.2) is 46.8 Å². The molecule has 3 aliphatic heterocycles. The van der Waals surface area contributed by atoms with Crippen molar-refractivity contribution in [3.05, 3.63) is 53.6 Å². The SMILES string of the molecule is c1ccc2c(c1)CCn1ccnc1C21CCN(CC2CCCO2)CC1. The van der Waals surface area contributed by atoms with Gasteiger partial charge in [0.15, 0.2) is 0 Å². The van der Waals surface area contributed by atoms with E-state index in [0.29, 0.717) is 6.10 Å². The maximum atomic E-state index is 5.85. The standard InChI is InChI=1S/C21H27N3O/c1-2-6-19-17(4-1)7-11-24-14-10-22-20(24)21(19)8-12-23(13-9-21)16-18-5-3-15-25-18/h1-2,4,6,10,14,18H,3,5,7-9,11-13,15-16H2. The molecule has 0 bridgehead atoms. The van der Waals surface area contributed by atoms with Gasteiger partial charge in [0.1, 0.15) is 5.82 Å². The first-order valence-electron chi connectivity index (χ1n) is 9.79. The minimum absolute atomic E-state index is 0.0869. The molecule has 25 heavy (non-hydrogen) atoms. The fraction of sp³-hybridized carbons (Fsp3) is 0.571. The first kappa shape index (κ1) is 15.6. The number of imidazole rings is 1. The molecule has 2 fully saturated rings. The molecule has 1 atom stereocenters. The summed E-state index contributed by atoms with van der Waals surface area (Å²) in [4.78, 5) is 7.45. The maximum Gasteiger partial charge on any atom is 0.119 e. The lowest BCUT2D eigenvalue weighted by molar-refractivity contribution is 0.0580. The number of fused-ring (bicyclic) bond motifs is 4. The second-order valence-electron chi connectivity index (χ2n) is 7.87. The maximum absolute atomic E-state index is 5.85. The molecule has 1 aromatic carbocycles. The molecule has 0 radical (unpaired) electrons. The van der Waals surface area contributed by atoms with Crippen molar-refractivity contribution in [2.75, 3.05) is 26.2 Å². The Labute approximate surface area is 149 Å². The third-order valence-corrected chi connectivity index (χ3v) is 6.49. The second-order valence-corrected chi connectivity index (χ2v) is 7.87. The van der Waals surface area contributed by atoms with Gasteiger partial charge in [0.2, 0.25) is 0 Å². The number of ether oxygens (including phenoxy) is 1. The smallest absolute Gasteiger partial charge is 0.119 e. The molecule has 2 aromatic rings. The van der Waals surface area contributed by atoms with Crippen LogP contribution in [0.15, 0.2) is 36.7 Å². The predicted octanol–water partition coefficient (Wildman–Crippen LogP) is 3.00. The third-order valence-electron chi connectivity index (χ3n) is 6.49. The second kappa shape index (κ2) is 6.26. The van der Waals surface area contributed by atoms with Crippen LogP contribution in [0.4, 0.5) is 0 Å². The lowest BCUT2D eigenvalue weighted by atomic mass is 9.70. The van der Waals surface area contributed by atoms with E-state index in [9.17, 15) is 0 Å². The molecule has 4 heterocycles. The molecule has 132 valence electrons. The minimum Gasteiger partial charge on any atom is -0.377 e. The molecule has 0 amide bonds. The molecular weight excluding hydrogens is 310 g/mol. The van der Waals surface area contributed by atoms with Gasteiger partial charge in [-0.2, -0.15) is 0 Å². The van der Waals surface area contributed by atoms with Gasteiger partial charge in [0.05, 0.1) is 11.5 Å². The van der Waals surface area contributed by atoms with Crippen molar-refractivity contribution >= 4 is 0 Å². The van der Waals surface area contributed by atoms with Crippen molar-refractivity contribution in [2.45, 2.75) is 50.2 Å². The summed E-state index contributed by atoms with van der Waals surface area (Å²) in [6.07, 6.45) is 10.5. The summed E-state index contributed by atoms with van der Waals surface area (Å²) in [5.41, 5.74) is 3.13. The monoisotopic (exact) mass is 337 g/mol. The van der Waals surface area contributed by atoms with Crippen LogP contribution in [0.1, 0.15) is 42.6 Å². The minimum atomic E-state index is 0.0869. The van der Waals surface area contributed by atoms with Crippen molar-refractivity contribution in [1.82, 2.24) is 14.5 Å². The Bertz CT molecular complexity index is 739. The van der Waals surface area contributed by atoms with Crippen LogP contribution in [0, 0.1) is 0 Å². The van der Waals surface area contributed by atoms with Gasteiger partial charge >= 0.3 is 0 Å². The highest BCUT2D eigenvalue weighted by Gasteiger charge is 2.43. The van der Waals surface area contributed by atoms with E-state index in [1.807, 2.05) is 6.20 Å². The molecule has 0 saturated carbocycles. The van der Waals surface area contributed by atoms with E-state index < -0.39 is 0 Å². The van der Waals surface area contributed by atoms with Crippen LogP contribution >= 0.6 is 0 Å². The molecule has 2 saturated heterocycles. The Morgan fingerprint density at radius 1 is 1.16 bits per heavy atom. The highest BCUT2D eigenvalue weighted by Crippen LogP contribution is 2.44. The van der Waals surface area contributed by atoms with Gasteiger partial charge in [-0.1, -0.05) is 24.3 Å². The number of benzene rings is 1. The quantitative estimate of drug-likeness (QED) is 0.844. The van der Waals surface area contributed by atoms with E-state index in [1.165, 1.54) is 29.8 Å². The summed E-state index contributed by atoms with van der Waals surface area (Å²) in [5.74, 6) is 1.29. The Kier molecular flexibility index (Phi) is 3.90. The van der Waals surface area contributed by atoms with Gasteiger partial charge in [0, 0.05) is 32.1 Å². The van der Waals surface area contributed by atoms with E-state index in [0.717, 1.165) is 52.0 Å². The normalized spacial score (nSPS) is 25.5. The molecule has 1 spiro atoms. The van der Waals surface area contributed by atoms with E-state index in [1.54, 1.807) is 0 Å². The van der Waals surface area contributed by atoms with Crippen molar-refractivity contribution in [1.29, 1.82) is 0 Å². The van der Waals surface area contributed by atoms with Crippen LogP contribution in [0.2, 0.25) is 0 Å². The van der Waals surface area contributed by atoms with Crippen LogP contribution < -0.4 is 0 Å². The zero-order chi connectivity index (χ0) is 16.7. The average molecular weight is 337 g/mol. The Morgan fingerprint density at radius 2 is 2.04 bits per heavy atom. The van der Waals surface area contributed by atoms with Gasteiger partial charge in [-0.05, 0) is 56.3 Å². The summed E-state index contributed by atoms with van der Waals surface area (Å²) < 4.78 is 8.25. The topological polar surface area (TPSA) is 30.3 Å². The molecule has 0 aliphatic carbocycles. The van der Waals surface area contributed by atoms with Crippen LogP contribution in [0.25, 0.3) is 0 Å². The van der Waals surface area contributed by atoms with Crippen molar-refractivity contribution in [2.24, 2.45) is 0 Å². The number of hydrogen-bond acceptors (Lipinski definition) is 3. The lowest BCUT2D eigenvalue weighted by Crippen LogP contribution is -2.46. The molecule has 1 unspecified atom stereocenters. The van der Waals surface area contributed by atoms with E-state index in [2.05, 4.69) is 39.9 Å². The zero-order valence-electron chi connectivity index (χ0n) is 14.9. The summed E-state index contributed by atoms with van der Waals surface area (Å²) in [6, 6.07) is 9.07. The molecular formula is C21H27N3O. The molecule has 3 aliphatic rings. The number of hydrogen-bond donors (Lipinski definition) is 0. The fourth-order valence-electron chi connectivity index (χ4n) is 5.16. The first-order chi connectivity index (χ1) is 12.4. The fourth-order valence-corrected chi connectivity index (χ4v) is 5.16. The largest absolute Gasteiger partial charge is 0.377 e. The Hall–Kier alpha value is -1.65. The highest BCUT2D eigenvalue weighted by molar-refractivity contribution is 5.42. The van der Waals surface area contributed by atoms with Gasteiger partial charge in [0.25, 0.3) is 0 Å². The Balaban J connectivity index is 1.45. The molecule has 5 rings (SSSR count). The zero-order valence-corrected chi connectivity index (χ0v) is 14.9. The Morgan fingerprint density at radius 3 is 2.88 bits per heavy atom. The van der Waals surface area contributed by atoms with E-state index in [4.69, 9.17) is 9.72 Å². The summed E-state index contributed by atoms with van der Waals surface area (Å²) in [5, 5.41) is 0. The van der Waals surface area contributed by atoms with Crippen molar-refractivity contribution < 1.29 is 4.74 Å². The van der Waals surface area contributed by atoms with Gasteiger partial charge in [-0.25, -0.2) is 4.98 Å². The lowest BCUT2D eigenvalue weighted by Gasteiger charge is -2.42.